The highest BCUT2D eigenvalue weighted by Gasteiger charge is 2.37. The van der Waals surface area contributed by atoms with Gasteiger partial charge in [0.25, 0.3) is 5.91 Å². The number of alkyl halides is 3. The Morgan fingerprint density at radius 3 is 2.54 bits per heavy atom. The molecule has 146 valence electrons. The largest absolute Gasteiger partial charge is 0.435 e. The van der Waals surface area contributed by atoms with Gasteiger partial charge in [-0.2, -0.15) is 18.3 Å². The zero-order chi connectivity index (χ0) is 18.9. The second-order valence-electron chi connectivity index (χ2n) is 7.16. The number of amides is 1. The maximum atomic E-state index is 13.1. The fourth-order valence-corrected chi connectivity index (χ4v) is 3.67. The van der Waals surface area contributed by atoms with E-state index in [1.807, 2.05) is 7.05 Å². The van der Waals surface area contributed by atoms with Crippen LogP contribution in [-0.2, 0) is 18.0 Å². The summed E-state index contributed by atoms with van der Waals surface area (Å²) in [5.74, 6) is -0.402. The molecule has 1 amide bonds. The molecule has 1 unspecified atom stereocenters. The summed E-state index contributed by atoms with van der Waals surface area (Å²) in [6, 6.07) is 0.854. The number of aromatic nitrogens is 2. The van der Waals surface area contributed by atoms with Crippen LogP contribution in [0.2, 0.25) is 0 Å². The molecule has 2 aliphatic heterocycles. The molecule has 6 nitrogen and oxygen atoms in total. The molecule has 0 bridgehead atoms. The summed E-state index contributed by atoms with van der Waals surface area (Å²) in [4.78, 5) is 17.0. The predicted octanol–water partition coefficient (Wildman–Crippen LogP) is 2.15. The highest BCUT2D eigenvalue weighted by atomic mass is 19.4. The third-order valence-corrected chi connectivity index (χ3v) is 5.20. The minimum absolute atomic E-state index is 0.00661. The summed E-state index contributed by atoms with van der Waals surface area (Å²) in [5, 5.41) is 3.48. The van der Waals surface area contributed by atoms with Crippen molar-refractivity contribution in [3.8, 4) is 0 Å². The van der Waals surface area contributed by atoms with Gasteiger partial charge in [0.1, 0.15) is 5.69 Å². The van der Waals surface area contributed by atoms with E-state index in [1.54, 1.807) is 4.90 Å². The summed E-state index contributed by atoms with van der Waals surface area (Å²) < 4.78 is 45.5. The van der Waals surface area contributed by atoms with Crippen molar-refractivity contribution in [1.82, 2.24) is 19.6 Å². The minimum Gasteiger partial charge on any atom is -0.376 e. The van der Waals surface area contributed by atoms with Crippen LogP contribution in [0.4, 0.5) is 13.2 Å². The maximum absolute atomic E-state index is 13.1. The van der Waals surface area contributed by atoms with Gasteiger partial charge in [-0.15, -0.1) is 0 Å². The molecule has 0 radical (unpaired) electrons. The molecule has 3 heterocycles. The van der Waals surface area contributed by atoms with Crippen molar-refractivity contribution in [3.05, 3.63) is 17.5 Å². The van der Waals surface area contributed by atoms with Crippen LogP contribution in [0.25, 0.3) is 0 Å². The third kappa shape index (κ3) is 4.20. The monoisotopic (exact) mass is 374 g/mol. The van der Waals surface area contributed by atoms with Crippen molar-refractivity contribution in [2.75, 3.05) is 33.3 Å². The number of rotatable bonds is 4. The van der Waals surface area contributed by atoms with Gasteiger partial charge in [-0.3, -0.25) is 9.48 Å². The lowest BCUT2D eigenvalue weighted by Crippen LogP contribution is -2.49. The molecule has 1 aromatic heterocycles. The van der Waals surface area contributed by atoms with Crippen molar-refractivity contribution >= 4 is 5.91 Å². The highest BCUT2D eigenvalue weighted by molar-refractivity contribution is 5.93. The van der Waals surface area contributed by atoms with E-state index < -0.39 is 17.8 Å². The van der Waals surface area contributed by atoms with Gasteiger partial charge >= 0.3 is 6.18 Å². The summed E-state index contributed by atoms with van der Waals surface area (Å²) in [6.07, 6.45) is -1.19. The summed E-state index contributed by atoms with van der Waals surface area (Å²) >= 11 is 0. The van der Waals surface area contributed by atoms with Gasteiger partial charge in [0, 0.05) is 32.3 Å². The number of likely N-dealkylation sites (tertiary alicyclic amines) is 1. The second-order valence-corrected chi connectivity index (χ2v) is 7.16. The fourth-order valence-electron chi connectivity index (χ4n) is 3.67. The Hall–Kier alpha value is -1.61. The van der Waals surface area contributed by atoms with E-state index in [9.17, 15) is 18.0 Å². The first-order valence-corrected chi connectivity index (χ1v) is 8.98. The summed E-state index contributed by atoms with van der Waals surface area (Å²) in [6.45, 7) is 2.81. The van der Waals surface area contributed by atoms with E-state index in [1.165, 1.54) is 7.05 Å². The number of ether oxygens (including phenoxy) is 1. The Morgan fingerprint density at radius 1 is 1.31 bits per heavy atom. The molecular weight excluding hydrogens is 349 g/mol. The van der Waals surface area contributed by atoms with E-state index in [2.05, 4.69) is 10.00 Å². The Bertz CT molecular complexity index is 632. The van der Waals surface area contributed by atoms with Crippen LogP contribution in [0.5, 0.6) is 0 Å². The molecule has 0 N–H and O–H groups in total. The van der Waals surface area contributed by atoms with Crippen LogP contribution in [-0.4, -0.2) is 70.9 Å². The number of halogens is 3. The van der Waals surface area contributed by atoms with Gasteiger partial charge in [0.05, 0.1) is 6.10 Å². The molecular formula is C17H25F3N4O2. The van der Waals surface area contributed by atoms with E-state index in [-0.39, 0.29) is 17.8 Å². The summed E-state index contributed by atoms with van der Waals surface area (Å²) in [7, 11) is 3.40. The van der Waals surface area contributed by atoms with Gasteiger partial charge in [-0.1, -0.05) is 0 Å². The quantitative estimate of drug-likeness (QED) is 0.811. The number of carbonyl (C=O) groups excluding carboxylic acids is 1. The van der Waals surface area contributed by atoms with Crippen LogP contribution >= 0.6 is 0 Å². The zero-order valence-electron chi connectivity index (χ0n) is 15.1. The molecule has 3 rings (SSSR count). The van der Waals surface area contributed by atoms with Crippen molar-refractivity contribution < 1.29 is 22.7 Å². The van der Waals surface area contributed by atoms with E-state index in [0.717, 1.165) is 49.5 Å². The van der Waals surface area contributed by atoms with Crippen LogP contribution in [0.3, 0.4) is 0 Å². The lowest BCUT2D eigenvalue weighted by Gasteiger charge is -2.38. The number of piperidine rings is 1. The van der Waals surface area contributed by atoms with Crippen LogP contribution in [0.15, 0.2) is 6.07 Å². The Kier molecular flexibility index (Phi) is 5.57. The molecule has 9 heteroatoms. The van der Waals surface area contributed by atoms with Gasteiger partial charge in [0.15, 0.2) is 5.69 Å². The molecule has 26 heavy (non-hydrogen) atoms. The number of hydrogen-bond donors (Lipinski definition) is 0. The van der Waals surface area contributed by atoms with Gasteiger partial charge in [-0.25, -0.2) is 0 Å². The zero-order valence-corrected chi connectivity index (χ0v) is 15.1. The van der Waals surface area contributed by atoms with Crippen molar-refractivity contribution in [1.29, 1.82) is 0 Å². The Balaban J connectivity index is 1.83. The molecule has 0 aliphatic carbocycles. The Morgan fingerprint density at radius 2 is 2.00 bits per heavy atom. The van der Waals surface area contributed by atoms with Crippen LogP contribution < -0.4 is 0 Å². The van der Waals surface area contributed by atoms with Crippen LogP contribution in [0.1, 0.15) is 41.9 Å². The highest BCUT2D eigenvalue weighted by Crippen LogP contribution is 2.29. The molecule has 2 saturated heterocycles. The second kappa shape index (κ2) is 7.56. The average Bonchev–Trinajstić information content (AvgIpc) is 3.22. The van der Waals surface area contributed by atoms with Gasteiger partial charge in [-0.05, 0) is 45.8 Å². The number of aryl methyl sites for hydroxylation is 1. The van der Waals surface area contributed by atoms with Crippen molar-refractivity contribution in [2.45, 2.75) is 44.0 Å². The molecule has 0 saturated carbocycles. The maximum Gasteiger partial charge on any atom is 0.435 e. The fraction of sp³-hybridized carbons (Fsp3) is 0.765. The third-order valence-electron chi connectivity index (χ3n) is 5.20. The molecule has 0 aromatic carbocycles. The van der Waals surface area contributed by atoms with E-state index >= 15 is 0 Å². The first-order chi connectivity index (χ1) is 12.3. The molecule has 2 aliphatic rings. The van der Waals surface area contributed by atoms with E-state index in [0.29, 0.717) is 13.2 Å². The SMILES string of the molecule is CN1CCC(N(CC2CCCO2)C(=O)c2cc(C(F)(F)F)nn2C)CC1. The minimum atomic E-state index is -4.57. The normalized spacial score (nSPS) is 22.7. The predicted molar refractivity (Wildman–Crippen MR) is 88.7 cm³/mol. The first kappa shape index (κ1) is 19.2. The average molecular weight is 374 g/mol. The van der Waals surface area contributed by atoms with Gasteiger partial charge in [0.2, 0.25) is 0 Å². The molecule has 2 fully saturated rings. The molecule has 0 spiro atoms. The van der Waals surface area contributed by atoms with Crippen molar-refractivity contribution in [2.24, 2.45) is 7.05 Å². The van der Waals surface area contributed by atoms with Crippen LogP contribution in [0, 0.1) is 0 Å². The smallest absolute Gasteiger partial charge is 0.376 e. The molecule has 1 atom stereocenters. The van der Waals surface area contributed by atoms with Crippen molar-refractivity contribution in [3.63, 3.8) is 0 Å². The van der Waals surface area contributed by atoms with E-state index in [4.69, 9.17) is 4.74 Å². The molecule has 1 aromatic rings. The topological polar surface area (TPSA) is 50.6 Å². The lowest BCUT2D eigenvalue weighted by atomic mass is 10.0. The standard InChI is InChI=1S/C17H25F3N4O2/c1-22-7-5-12(6-8-22)24(11-13-4-3-9-26-13)16(25)14-10-15(17(18,19)20)21-23(14)2/h10,12-13H,3-9,11H2,1-2H3. The summed E-state index contributed by atoms with van der Waals surface area (Å²) in [5.41, 5.74) is -1.07. The Labute approximate surface area is 150 Å². The first-order valence-electron chi connectivity index (χ1n) is 8.98. The number of carbonyl (C=O) groups is 1. The number of hydrogen-bond acceptors (Lipinski definition) is 4. The number of nitrogens with zero attached hydrogens (tertiary/aromatic N) is 4. The van der Waals surface area contributed by atoms with Gasteiger partial charge < -0.3 is 14.5 Å². The lowest BCUT2D eigenvalue weighted by molar-refractivity contribution is -0.141.